The molecule has 126 valence electrons. The van der Waals surface area contributed by atoms with Crippen LogP contribution in [0, 0.1) is 19.3 Å². The molecule has 6 heteroatoms. The Morgan fingerprint density at radius 1 is 1.25 bits per heavy atom. The summed E-state index contributed by atoms with van der Waals surface area (Å²) >= 11 is 1.65. The van der Waals surface area contributed by atoms with E-state index in [1.54, 1.807) is 30.6 Å². The van der Waals surface area contributed by atoms with Crippen LogP contribution >= 0.6 is 11.3 Å². The van der Waals surface area contributed by atoms with Gasteiger partial charge in [-0.15, -0.1) is 11.3 Å². The van der Waals surface area contributed by atoms with Crippen molar-refractivity contribution in [1.82, 2.24) is 4.90 Å². The van der Waals surface area contributed by atoms with E-state index < -0.39 is 0 Å². The number of furan rings is 1. The van der Waals surface area contributed by atoms with Crippen LogP contribution in [-0.2, 0) is 4.79 Å². The molecule has 24 heavy (non-hydrogen) atoms. The molecule has 2 aliphatic rings. The van der Waals surface area contributed by atoms with E-state index >= 15 is 0 Å². The number of thiophene rings is 1. The van der Waals surface area contributed by atoms with E-state index in [0.717, 1.165) is 11.4 Å². The van der Waals surface area contributed by atoms with E-state index in [0.29, 0.717) is 37.4 Å². The first-order valence-electron chi connectivity index (χ1n) is 8.18. The van der Waals surface area contributed by atoms with Crippen LogP contribution in [0.5, 0.6) is 0 Å². The van der Waals surface area contributed by atoms with E-state index in [1.807, 2.05) is 28.9 Å². The summed E-state index contributed by atoms with van der Waals surface area (Å²) in [6, 6.07) is 5.79. The summed E-state index contributed by atoms with van der Waals surface area (Å²) in [7, 11) is 0. The smallest absolute Gasteiger partial charge is 0.257 e. The standard InChI is InChI=1S/C18H20N2O3S/c1-12-3-4-16(24-12)20-11-18(9-15(20)21)6-7-19(10-18)17(22)14-5-8-23-13(14)2/h3-5,8H,6-7,9-11H2,1-2H3. The van der Waals surface area contributed by atoms with E-state index in [4.69, 9.17) is 4.42 Å². The zero-order valence-corrected chi connectivity index (χ0v) is 14.7. The Kier molecular flexibility index (Phi) is 3.53. The number of aryl methyl sites for hydroxylation is 2. The third-order valence-corrected chi connectivity index (χ3v) is 6.15. The average Bonchev–Trinajstić information content (AvgIpc) is 3.29. The van der Waals surface area contributed by atoms with Gasteiger partial charge in [0.05, 0.1) is 16.8 Å². The van der Waals surface area contributed by atoms with Gasteiger partial charge in [0, 0.05) is 36.3 Å². The summed E-state index contributed by atoms with van der Waals surface area (Å²) in [5.74, 6) is 0.834. The van der Waals surface area contributed by atoms with Gasteiger partial charge < -0.3 is 14.2 Å². The molecule has 2 fully saturated rings. The Morgan fingerprint density at radius 2 is 2.08 bits per heavy atom. The Labute approximate surface area is 144 Å². The van der Waals surface area contributed by atoms with E-state index in [2.05, 4.69) is 0 Å². The van der Waals surface area contributed by atoms with E-state index in [9.17, 15) is 9.59 Å². The van der Waals surface area contributed by atoms with Crippen molar-refractivity contribution < 1.29 is 14.0 Å². The third kappa shape index (κ3) is 2.45. The van der Waals surface area contributed by atoms with Crippen molar-refractivity contribution in [3.05, 3.63) is 40.7 Å². The molecule has 1 spiro atoms. The first kappa shape index (κ1) is 15.4. The molecule has 1 unspecified atom stereocenters. The largest absolute Gasteiger partial charge is 0.469 e. The van der Waals surface area contributed by atoms with Crippen molar-refractivity contribution in [2.45, 2.75) is 26.7 Å². The first-order chi connectivity index (χ1) is 11.5. The third-order valence-electron chi connectivity index (χ3n) is 5.13. The average molecular weight is 344 g/mol. The molecule has 2 aromatic heterocycles. The highest BCUT2D eigenvalue weighted by atomic mass is 32.1. The number of hydrogen-bond donors (Lipinski definition) is 0. The monoisotopic (exact) mass is 344 g/mol. The second kappa shape index (κ2) is 5.48. The zero-order valence-electron chi connectivity index (χ0n) is 13.9. The molecule has 0 N–H and O–H groups in total. The van der Waals surface area contributed by atoms with Crippen molar-refractivity contribution in [1.29, 1.82) is 0 Å². The van der Waals surface area contributed by atoms with Crippen molar-refractivity contribution in [3.8, 4) is 0 Å². The topological polar surface area (TPSA) is 53.8 Å². The highest BCUT2D eigenvalue weighted by Crippen LogP contribution is 2.43. The minimum Gasteiger partial charge on any atom is -0.469 e. The Hall–Kier alpha value is -2.08. The Bertz CT molecular complexity index is 809. The molecule has 0 saturated carbocycles. The first-order valence-corrected chi connectivity index (χ1v) is 8.99. The molecule has 2 saturated heterocycles. The van der Waals surface area contributed by atoms with Gasteiger partial charge in [-0.2, -0.15) is 0 Å². The summed E-state index contributed by atoms with van der Waals surface area (Å²) in [5, 5.41) is 1.02. The van der Waals surface area contributed by atoms with Crippen molar-refractivity contribution in [2.24, 2.45) is 5.41 Å². The molecule has 2 aromatic rings. The fourth-order valence-electron chi connectivity index (χ4n) is 3.82. The maximum absolute atomic E-state index is 12.7. The molecule has 2 aliphatic heterocycles. The minimum absolute atomic E-state index is 0.0102. The van der Waals surface area contributed by atoms with Crippen LogP contribution < -0.4 is 4.90 Å². The lowest BCUT2D eigenvalue weighted by Crippen LogP contribution is -2.34. The Balaban J connectivity index is 1.51. The quantitative estimate of drug-likeness (QED) is 0.840. The van der Waals surface area contributed by atoms with Gasteiger partial charge in [-0.3, -0.25) is 9.59 Å². The number of amides is 2. The van der Waals surface area contributed by atoms with Crippen molar-refractivity contribution >= 4 is 28.2 Å². The molecule has 4 rings (SSSR count). The van der Waals surface area contributed by atoms with Crippen LogP contribution in [0.3, 0.4) is 0 Å². The molecule has 1 atom stereocenters. The number of nitrogens with zero attached hydrogens (tertiary/aromatic N) is 2. The summed E-state index contributed by atoms with van der Waals surface area (Å²) in [5.41, 5.74) is 0.518. The van der Waals surface area contributed by atoms with Crippen molar-refractivity contribution in [2.75, 3.05) is 24.5 Å². The fraction of sp³-hybridized carbons (Fsp3) is 0.444. The molecule has 5 nitrogen and oxygen atoms in total. The highest BCUT2D eigenvalue weighted by Gasteiger charge is 2.49. The summed E-state index contributed by atoms with van der Waals surface area (Å²) < 4.78 is 5.25. The second-order valence-corrected chi connectivity index (χ2v) is 8.17. The maximum Gasteiger partial charge on any atom is 0.257 e. The van der Waals surface area contributed by atoms with Gasteiger partial charge in [-0.25, -0.2) is 0 Å². The molecular weight excluding hydrogens is 324 g/mol. The summed E-state index contributed by atoms with van der Waals surface area (Å²) in [4.78, 5) is 30.2. The molecule has 0 radical (unpaired) electrons. The number of carbonyl (C=O) groups excluding carboxylic acids is 2. The van der Waals surface area contributed by atoms with Crippen LogP contribution in [-0.4, -0.2) is 36.3 Å². The highest BCUT2D eigenvalue weighted by molar-refractivity contribution is 7.16. The molecule has 2 amide bonds. The van der Waals surface area contributed by atoms with Crippen LogP contribution in [0.4, 0.5) is 5.00 Å². The summed E-state index contributed by atoms with van der Waals surface area (Å²) in [6.45, 7) is 5.91. The van der Waals surface area contributed by atoms with Crippen LogP contribution in [0.25, 0.3) is 0 Å². The van der Waals surface area contributed by atoms with E-state index in [1.165, 1.54) is 4.88 Å². The van der Waals surface area contributed by atoms with Gasteiger partial charge in [0.15, 0.2) is 0 Å². The lowest BCUT2D eigenvalue weighted by molar-refractivity contribution is -0.117. The number of anilines is 1. The van der Waals surface area contributed by atoms with Gasteiger partial charge in [-0.05, 0) is 38.5 Å². The van der Waals surface area contributed by atoms with Gasteiger partial charge in [-0.1, -0.05) is 0 Å². The molecule has 0 bridgehead atoms. The minimum atomic E-state index is -0.109. The molecular formula is C18H20N2O3S. The fourth-order valence-corrected chi connectivity index (χ4v) is 4.70. The number of rotatable bonds is 2. The van der Waals surface area contributed by atoms with E-state index in [-0.39, 0.29) is 17.2 Å². The maximum atomic E-state index is 12.7. The lowest BCUT2D eigenvalue weighted by atomic mass is 9.86. The van der Waals surface area contributed by atoms with Gasteiger partial charge >= 0.3 is 0 Å². The van der Waals surface area contributed by atoms with Crippen molar-refractivity contribution in [3.63, 3.8) is 0 Å². The van der Waals surface area contributed by atoms with Crippen LogP contribution in [0.1, 0.15) is 33.8 Å². The SMILES string of the molecule is Cc1ccc(N2CC3(CCN(C(=O)c4ccoc4C)C3)CC2=O)s1. The van der Waals surface area contributed by atoms with Gasteiger partial charge in [0.1, 0.15) is 5.76 Å². The lowest BCUT2D eigenvalue weighted by Gasteiger charge is -2.23. The summed E-state index contributed by atoms with van der Waals surface area (Å²) in [6.07, 6.45) is 2.95. The normalized spacial score (nSPS) is 23.7. The van der Waals surface area contributed by atoms with Gasteiger partial charge in [0.25, 0.3) is 5.91 Å². The predicted molar refractivity (Wildman–Crippen MR) is 92.4 cm³/mol. The van der Waals surface area contributed by atoms with Gasteiger partial charge in [0.2, 0.25) is 5.91 Å². The Morgan fingerprint density at radius 3 is 2.75 bits per heavy atom. The molecule has 0 aromatic carbocycles. The van der Waals surface area contributed by atoms with Crippen LogP contribution in [0.15, 0.2) is 28.9 Å². The number of carbonyl (C=O) groups is 2. The number of hydrogen-bond acceptors (Lipinski definition) is 4. The molecule has 4 heterocycles. The zero-order chi connectivity index (χ0) is 16.9. The molecule has 0 aliphatic carbocycles. The van der Waals surface area contributed by atoms with Crippen LogP contribution in [0.2, 0.25) is 0 Å². The second-order valence-electron chi connectivity index (χ2n) is 6.91. The number of likely N-dealkylation sites (tertiary alicyclic amines) is 1. The predicted octanol–water partition coefficient (Wildman–Crippen LogP) is 3.23.